The van der Waals surface area contributed by atoms with Gasteiger partial charge in [-0.3, -0.25) is 0 Å². The van der Waals surface area contributed by atoms with Crippen LogP contribution in [0, 0.1) is 5.41 Å². The Morgan fingerprint density at radius 3 is 2.31 bits per heavy atom. The van der Waals surface area contributed by atoms with Crippen molar-refractivity contribution in [2.75, 3.05) is 0 Å². The maximum Gasteiger partial charge on any atom is 0.213 e. The fourth-order valence-electron chi connectivity index (χ4n) is 3.47. The first-order valence-electron chi connectivity index (χ1n) is 6.28. The molecule has 2 aliphatic carbocycles. The number of hydrogen-bond acceptors (Lipinski definition) is 4. The number of nitrogens with two attached hydrogens (primary N) is 1. The minimum atomic E-state index is -0.332. The second-order valence-electron chi connectivity index (χ2n) is 5.62. The highest BCUT2D eigenvalue weighted by atomic mass is 16.5. The second-order valence-corrected chi connectivity index (χ2v) is 5.62. The molecular weight excluding hydrogens is 202 g/mol. The van der Waals surface area contributed by atoms with Crippen molar-refractivity contribution in [2.24, 2.45) is 11.1 Å². The molecule has 1 aromatic heterocycles. The van der Waals surface area contributed by atoms with E-state index in [-0.39, 0.29) is 5.54 Å². The summed E-state index contributed by atoms with van der Waals surface area (Å²) in [6, 6.07) is 0. The second kappa shape index (κ2) is 3.55. The van der Waals surface area contributed by atoms with Gasteiger partial charge in [-0.25, -0.2) is 0 Å². The molecule has 1 heterocycles. The molecule has 2 N–H and O–H groups in total. The highest BCUT2D eigenvalue weighted by molar-refractivity contribution is 5.07. The topological polar surface area (TPSA) is 64.9 Å². The minimum absolute atomic E-state index is 0.332. The van der Waals surface area contributed by atoms with Crippen LogP contribution in [0.2, 0.25) is 0 Å². The van der Waals surface area contributed by atoms with Crippen molar-refractivity contribution >= 4 is 0 Å². The molecule has 4 nitrogen and oxygen atoms in total. The number of rotatable bonds is 1. The number of nitrogens with zero attached hydrogens (tertiary/aromatic N) is 2. The van der Waals surface area contributed by atoms with Gasteiger partial charge in [0.1, 0.15) is 0 Å². The van der Waals surface area contributed by atoms with Crippen molar-refractivity contribution < 1.29 is 4.52 Å². The van der Waals surface area contributed by atoms with Gasteiger partial charge in [0.25, 0.3) is 0 Å². The third-order valence-corrected chi connectivity index (χ3v) is 4.67. The summed E-state index contributed by atoms with van der Waals surface area (Å²) in [5.74, 6) is 0.695. The lowest BCUT2D eigenvalue weighted by atomic mass is 9.66. The SMILES string of the molecule is NC1(c2ncon2)CCC2(CCCC2)CC1. The van der Waals surface area contributed by atoms with Crippen LogP contribution in [0.3, 0.4) is 0 Å². The van der Waals surface area contributed by atoms with Crippen molar-refractivity contribution in [1.82, 2.24) is 10.1 Å². The van der Waals surface area contributed by atoms with Gasteiger partial charge in [0.2, 0.25) is 6.39 Å². The molecule has 0 atom stereocenters. The van der Waals surface area contributed by atoms with Crippen LogP contribution in [-0.4, -0.2) is 10.1 Å². The first kappa shape index (κ1) is 10.3. The van der Waals surface area contributed by atoms with Crippen LogP contribution in [0.15, 0.2) is 10.9 Å². The molecule has 0 unspecified atom stereocenters. The van der Waals surface area contributed by atoms with Crippen LogP contribution in [0.1, 0.15) is 57.2 Å². The van der Waals surface area contributed by atoms with E-state index >= 15 is 0 Å². The summed E-state index contributed by atoms with van der Waals surface area (Å²) in [5.41, 5.74) is 6.66. The van der Waals surface area contributed by atoms with Crippen molar-refractivity contribution in [3.05, 3.63) is 12.2 Å². The third-order valence-electron chi connectivity index (χ3n) is 4.67. The first-order chi connectivity index (χ1) is 7.73. The Hall–Kier alpha value is -0.900. The molecule has 2 aliphatic rings. The van der Waals surface area contributed by atoms with Gasteiger partial charge in [0.15, 0.2) is 5.82 Å². The standard InChI is InChI=1S/C12H19N3O/c13-12(10-14-9-16-15-10)7-5-11(6-8-12)3-1-2-4-11/h9H,1-8,13H2. The summed E-state index contributed by atoms with van der Waals surface area (Å²) in [6.45, 7) is 0. The fraction of sp³-hybridized carbons (Fsp3) is 0.833. The molecule has 1 spiro atoms. The lowest BCUT2D eigenvalue weighted by Gasteiger charge is -2.41. The van der Waals surface area contributed by atoms with E-state index < -0.39 is 0 Å². The Kier molecular flexibility index (Phi) is 2.28. The predicted molar refractivity (Wildman–Crippen MR) is 59.5 cm³/mol. The van der Waals surface area contributed by atoms with Gasteiger partial charge in [-0.2, -0.15) is 4.98 Å². The molecule has 3 rings (SSSR count). The van der Waals surface area contributed by atoms with Crippen LogP contribution < -0.4 is 5.73 Å². The van der Waals surface area contributed by atoms with Crippen molar-refractivity contribution in [3.8, 4) is 0 Å². The van der Waals surface area contributed by atoms with Gasteiger partial charge in [0, 0.05) is 0 Å². The molecule has 0 aliphatic heterocycles. The Labute approximate surface area is 95.6 Å². The van der Waals surface area contributed by atoms with Crippen LogP contribution in [0.4, 0.5) is 0 Å². The summed E-state index contributed by atoms with van der Waals surface area (Å²) in [5, 5.41) is 3.92. The molecule has 0 saturated heterocycles. The molecule has 16 heavy (non-hydrogen) atoms. The average molecular weight is 221 g/mol. The van der Waals surface area contributed by atoms with Crippen molar-refractivity contribution in [1.29, 1.82) is 0 Å². The maximum absolute atomic E-state index is 6.39. The van der Waals surface area contributed by atoms with E-state index in [0.29, 0.717) is 11.2 Å². The molecule has 88 valence electrons. The van der Waals surface area contributed by atoms with E-state index in [1.165, 1.54) is 44.9 Å². The first-order valence-corrected chi connectivity index (χ1v) is 6.28. The quantitative estimate of drug-likeness (QED) is 0.790. The van der Waals surface area contributed by atoms with Gasteiger partial charge in [-0.05, 0) is 43.9 Å². The molecular formula is C12H19N3O. The largest absolute Gasteiger partial charge is 0.343 e. The number of hydrogen-bond donors (Lipinski definition) is 1. The van der Waals surface area contributed by atoms with Gasteiger partial charge >= 0.3 is 0 Å². The van der Waals surface area contributed by atoms with Crippen LogP contribution >= 0.6 is 0 Å². The van der Waals surface area contributed by atoms with Gasteiger partial charge in [-0.1, -0.05) is 18.0 Å². The lowest BCUT2D eigenvalue weighted by Crippen LogP contribution is -2.44. The summed E-state index contributed by atoms with van der Waals surface area (Å²) < 4.78 is 4.81. The maximum atomic E-state index is 6.39. The highest BCUT2D eigenvalue weighted by Gasteiger charge is 2.44. The molecule has 0 amide bonds. The molecule has 4 heteroatoms. The van der Waals surface area contributed by atoms with E-state index in [4.69, 9.17) is 10.3 Å². The van der Waals surface area contributed by atoms with E-state index in [9.17, 15) is 0 Å². The summed E-state index contributed by atoms with van der Waals surface area (Å²) in [4.78, 5) is 4.12. The molecule has 0 aromatic carbocycles. The fourth-order valence-corrected chi connectivity index (χ4v) is 3.47. The Balaban J connectivity index is 1.74. The molecule has 2 saturated carbocycles. The Morgan fingerprint density at radius 1 is 1.06 bits per heavy atom. The molecule has 0 radical (unpaired) electrons. The average Bonchev–Trinajstić information content (AvgIpc) is 2.96. The van der Waals surface area contributed by atoms with Crippen molar-refractivity contribution in [3.63, 3.8) is 0 Å². The van der Waals surface area contributed by atoms with Gasteiger partial charge < -0.3 is 10.3 Å². The molecule has 0 bridgehead atoms. The van der Waals surface area contributed by atoms with E-state index in [1.54, 1.807) is 0 Å². The predicted octanol–water partition coefficient (Wildman–Crippen LogP) is 2.36. The van der Waals surface area contributed by atoms with E-state index in [0.717, 1.165) is 12.8 Å². The molecule has 1 aromatic rings. The lowest BCUT2D eigenvalue weighted by molar-refractivity contribution is 0.127. The Bertz CT molecular complexity index is 344. The minimum Gasteiger partial charge on any atom is -0.343 e. The van der Waals surface area contributed by atoms with Crippen LogP contribution in [0.5, 0.6) is 0 Å². The zero-order valence-electron chi connectivity index (χ0n) is 9.61. The molecule has 2 fully saturated rings. The van der Waals surface area contributed by atoms with Crippen molar-refractivity contribution in [2.45, 2.75) is 56.9 Å². The van der Waals surface area contributed by atoms with E-state index in [1.807, 2.05) is 0 Å². The zero-order valence-corrected chi connectivity index (χ0v) is 9.61. The monoisotopic (exact) mass is 221 g/mol. The Morgan fingerprint density at radius 2 is 1.75 bits per heavy atom. The third kappa shape index (κ3) is 1.56. The summed E-state index contributed by atoms with van der Waals surface area (Å²) in [7, 11) is 0. The van der Waals surface area contributed by atoms with Gasteiger partial charge in [0.05, 0.1) is 5.54 Å². The van der Waals surface area contributed by atoms with Gasteiger partial charge in [-0.15, -0.1) is 0 Å². The highest BCUT2D eigenvalue weighted by Crippen LogP contribution is 2.52. The zero-order chi connectivity index (χ0) is 11.1. The van der Waals surface area contributed by atoms with Crippen LogP contribution in [-0.2, 0) is 5.54 Å². The normalized spacial score (nSPS) is 27.3. The van der Waals surface area contributed by atoms with E-state index in [2.05, 4.69) is 10.1 Å². The smallest absolute Gasteiger partial charge is 0.213 e. The van der Waals surface area contributed by atoms with Crippen LogP contribution in [0.25, 0.3) is 0 Å². The summed E-state index contributed by atoms with van der Waals surface area (Å²) in [6.07, 6.45) is 11.5. The number of aromatic nitrogens is 2. The summed E-state index contributed by atoms with van der Waals surface area (Å²) >= 11 is 0.